The number of ether oxygens (including phenoxy) is 2. The van der Waals surface area contributed by atoms with Crippen LogP contribution in [0.2, 0.25) is 0 Å². The molecule has 6 nitrogen and oxygen atoms in total. The Kier molecular flexibility index (Phi) is 6.26. The topological polar surface area (TPSA) is 74.5 Å². The second kappa shape index (κ2) is 9.63. The molecule has 0 spiro atoms. The van der Waals surface area contributed by atoms with E-state index in [0.29, 0.717) is 17.9 Å². The van der Waals surface area contributed by atoms with Crippen molar-refractivity contribution >= 4 is 5.91 Å². The van der Waals surface area contributed by atoms with Gasteiger partial charge in [-0.2, -0.15) is 4.73 Å². The van der Waals surface area contributed by atoms with E-state index in [1.807, 2.05) is 30.3 Å². The number of aryl methyl sites for hydroxylation is 1. The van der Waals surface area contributed by atoms with Crippen LogP contribution in [0.25, 0.3) is 11.3 Å². The normalized spacial score (nSPS) is 19.6. The van der Waals surface area contributed by atoms with Gasteiger partial charge in [0.05, 0.1) is 6.10 Å². The van der Waals surface area contributed by atoms with Gasteiger partial charge < -0.3 is 20.0 Å². The fourth-order valence-corrected chi connectivity index (χ4v) is 4.63. The predicted octanol–water partition coefficient (Wildman–Crippen LogP) is 3.83. The number of hydrogen-bond acceptors (Lipinski definition) is 4. The van der Waals surface area contributed by atoms with Crippen molar-refractivity contribution in [3.05, 3.63) is 88.8 Å². The molecule has 0 unspecified atom stereocenters. The third-order valence-electron chi connectivity index (χ3n) is 6.47. The number of nitrogens with zero attached hydrogens (tertiary/aromatic N) is 1. The van der Waals surface area contributed by atoms with Crippen molar-refractivity contribution in [3.63, 3.8) is 0 Å². The Labute approximate surface area is 193 Å². The van der Waals surface area contributed by atoms with E-state index in [0.717, 1.165) is 54.8 Å². The largest absolute Gasteiger partial charge is 0.618 e. The maximum absolute atomic E-state index is 12.8. The van der Waals surface area contributed by atoms with Gasteiger partial charge in [0.1, 0.15) is 12.4 Å². The van der Waals surface area contributed by atoms with Crippen LogP contribution in [0.15, 0.2) is 66.9 Å². The summed E-state index contributed by atoms with van der Waals surface area (Å²) in [5.41, 5.74) is 4.67. The molecule has 1 aromatic heterocycles. The highest BCUT2D eigenvalue weighted by atomic mass is 16.5. The number of carbonyl (C=O) groups is 1. The van der Waals surface area contributed by atoms with Crippen molar-refractivity contribution in [2.24, 2.45) is 0 Å². The van der Waals surface area contributed by atoms with Crippen molar-refractivity contribution in [3.8, 4) is 17.0 Å². The summed E-state index contributed by atoms with van der Waals surface area (Å²) in [6.45, 7) is 1.36. The number of amides is 1. The summed E-state index contributed by atoms with van der Waals surface area (Å²) >= 11 is 0. The number of pyridine rings is 1. The smallest absolute Gasteiger partial charge is 0.251 e. The molecule has 1 fully saturated rings. The fraction of sp³-hybridized carbons (Fsp3) is 0.333. The standard InChI is InChI=1S/C27H28N2O4/c30-27(19-9-12-24(13-10-19)33-18-25-4-3-15-32-25)28-23-11-8-20-16-22(7-6-21(20)17-23)26-5-1-2-14-29(26)31/h1-2,5-7,9-10,12-14,16,23,25H,3-4,8,11,15,17-18H2,(H,28,30)/t23-,25-/m0/s1. The Morgan fingerprint density at radius 2 is 1.97 bits per heavy atom. The zero-order valence-electron chi connectivity index (χ0n) is 18.5. The molecular formula is C27H28N2O4. The van der Waals surface area contributed by atoms with E-state index in [4.69, 9.17) is 9.47 Å². The lowest BCUT2D eigenvalue weighted by atomic mass is 9.86. The van der Waals surface area contributed by atoms with E-state index < -0.39 is 0 Å². The van der Waals surface area contributed by atoms with Gasteiger partial charge in [0, 0.05) is 35.9 Å². The molecule has 0 bridgehead atoms. The first-order valence-electron chi connectivity index (χ1n) is 11.6. The van der Waals surface area contributed by atoms with Gasteiger partial charge in [-0.3, -0.25) is 4.79 Å². The van der Waals surface area contributed by atoms with Crippen LogP contribution in [0.5, 0.6) is 5.75 Å². The first-order chi connectivity index (χ1) is 16.2. The molecule has 1 aliphatic heterocycles. The molecule has 2 aromatic carbocycles. The second-order valence-electron chi connectivity index (χ2n) is 8.78. The van der Waals surface area contributed by atoms with Crippen molar-refractivity contribution in [2.75, 3.05) is 13.2 Å². The summed E-state index contributed by atoms with van der Waals surface area (Å²) in [4.78, 5) is 12.8. The predicted molar refractivity (Wildman–Crippen MR) is 125 cm³/mol. The van der Waals surface area contributed by atoms with Crippen LogP contribution in [0.3, 0.4) is 0 Å². The summed E-state index contributed by atoms with van der Waals surface area (Å²) in [6, 6.07) is 19.0. The lowest BCUT2D eigenvalue weighted by molar-refractivity contribution is -0.593. The van der Waals surface area contributed by atoms with Crippen LogP contribution in [-0.4, -0.2) is 31.3 Å². The van der Waals surface area contributed by atoms with Crippen molar-refractivity contribution < 1.29 is 19.0 Å². The zero-order chi connectivity index (χ0) is 22.6. The minimum absolute atomic E-state index is 0.0672. The summed E-state index contributed by atoms with van der Waals surface area (Å²) in [7, 11) is 0. The van der Waals surface area contributed by atoms with Gasteiger partial charge in [0.2, 0.25) is 5.69 Å². The van der Waals surface area contributed by atoms with E-state index >= 15 is 0 Å². The molecule has 33 heavy (non-hydrogen) atoms. The monoisotopic (exact) mass is 444 g/mol. The van der Waals surface area contributed by atoms with Crippen LogP contribution < -0.4 is 14.8 Å². The highest BCUT2D eigenvalue weighted by Crippen LogP contribution is 2.26. The molecule has 2 atom stereocenters. The lowest BCUT2D eigenvalue weighted by Gasteiger charge is -2.26. The Balaban J connectivity index is 1.18. The molecule has 0 saturated carbocycles. The molecule has 0 radical (unpaired) electrons. The zero-order valence-corrected chi connectivity index (χ0v) is 18.5. The average Bonchev–Trinajstić information content (AvgIpc) is 3.37. The minimum Gasteiger partial charge on any atom is -0.618 e. The molecule has 3 aromatic rings. The quantitative estimate of drug-likeness (QED) is 0.463. The third-order valence-corrected chi connectivity index (χ3v) is 6.47. The summed E-state index contributed by atoms with van der Waals surface area (Å²) in [6.07, 6.45) is 6.35. The van der Waals surface area contributed by atoms with E-state index in [1.54, 1.807) is 18.2 Å². The summed E-state index contributed by atoms with van der Waals surface area (Å²) < 4.78 is 12.3. The van der Waals surface area contributed by atoms with Crippen LogP contribution in [0.4, 0.5) is 0 Å². The number of benzene rings is 2. The third kappa shape index (κ3) is 5.01. The SMILES string of the molecule is O=C(N[C@H]1CCc2cc(-c3cccc[n+]3[O-])ccc2C1)c1ccc(OC[C@@H]2CCCO2)cc1. The molecule has 6 heteroatoms. The van der Waals surface area contributed by atoms with Gasteiger partial charge in [-0.1, -0.05) is 6.07 Å². The average molecular weight is 445 g/mol. The first-order valence-corrected chi connectivity index (χ1v) is 11.6. The van der Waals surface area contributed by atoms with Crippen LogP contribution in [0, 0.1) is 5.21 Å². The van der Waals surface area contributed by atoms with E-state index in [2.05, 4.69) is 17.4 Å². The van der Waals surface area contributed by atoms with Crippen molar-refractivity contribution in [1.29, 1.82) is 0 Å². The van der Waals surface area contributed by atoms with E-state index in [9.17, 15) is 10.0 Å². The molecule has 1 N–H and O–H groups in total. The summed E-state index contributed by atoms with van der Waals surface area (Å²) in [5.74, 6) is 0.685. The fourth-order valence-electron chi connectivity index (χ4n) is 4.63. The van der Waals surface area contributed by atoms with Gasteiger partial charge in [0.25, 0.3) is 5.91 Å². The van der Waals surface area contributed by atoms with Gasteiger partial charge in [-0.05, 0) is 85.7 Å². The highest BCUT2D eigenvalue weighted by molar-refractivity contribution is 5.94. The molecule has 2 heterocycles. The lowest BCUT2D eigenvalue weighted by Crippen LogP contribution is -2.38. The molecule has 1 aliphatic carbocycles. The summed E-state index contributed by atoms with van der Waals surface area (Å²) in [5, 5.41) is 15.2. The molecule has 5 rings (SSSR count). The van der Waals surface area contributed by atoms with Gasteiger partial charge in [-0.15, -0.1) is 0 Å². The number of nitrogens with one attached hydrogen (secondary N) is 1. The number of fused-ring (bicyclic) bond motifs is 1. The van der Waals surface area contributed by atoms with E-state index in [1.165, 1.54) is 17.3 Å². The minimum atomic E-state index is -0.0672. The maximum Gasteiger partial charge on any atom is 0.251 e. The highest BCUT2D eigenvalue weighted by Gasteiger charge is 2.22. The number of rotatable bonds is 6. The van der Waals surface area contributed by atoms with Crippen LogP contribution >= 0.6 is 0 Å². The maximum atomic E-state index is 12.8. The number of hydrogen-bond donors (Lipinski definition) is 1. The Bertz CT molecular complexity index is 1120. The number of aromatic nitrogens is 1. The molecule has 1 amide bonds. The van der Waals surface area contributed by atoms with Crippen LogP contribution in [0.1, 0.15) is 40.7 Å². The molecule has 170 valence electrons. The van der Waals surface area contributed by atoms with Gasteiger partial charge in [0.15, 0.2) is 6.20 Å². The van der Waals surface area contributed by atoms with Crippen LogP contribution in [-0.2, 0) is 17.6 Å². The number of carbonyl (C=O) groups excluding carboxylic acids is 1. The molecule has 2 aliphatic rings. The Morgan fingerprint density at radius 1 is 1.09 bits per heavy atom. The van der Waals surface area contributed by atoms with Crippen molar-refractivity contribution in [1.82, 2.24) is 5.32 Å². The first kappa shape index (κ1) is 21.5. The molecule has 1 saturated heterocycles. The Morgan fingerprint density at radius 3 is 2.76 bits per heavy atom. The van der Waals surface area contributed by atoms with E-state index in [-0.39, 0.29) is 18.1 Å². The molecular weight excluding hydrogens is 416 g/mol. The Hall–Kier alpha value is -3.38. The van der Waals surface area contributed by atoms with Crippen molar-refractivity contribution in [2.45, 2.75) is 44.2 Å². The van der Waals surface area contributed by atoms with Gasteiger partial charge in [-0.25, -0.2) is 0 Å². The second-order valence-corrected chi connectivity index (χ2v) is 8.78. The van der Waals surface area contributed by atoms with Gasteiger partial charge >= 0.3 is 0 Å².